The molecular formula is C75H57N5. The van der Waals surface area contributed by atoms with Gasteiger partial charge in [0.05, 0.1) is 11.4 Å². The lowest BCUT2D eigenvalue weighted by Gasteiger charge is -2.24. The van der Waals surface area contributed by atoms with Crippen LogP contribution >= 0.6 is 0 Å². The average Bonchev–Trinajstić information content (AvgIpc) is 3.43. The standard InChI is InChI=1S/C75H57N5/c1-43(20-21-51(54-17-9-13-47-27-30-77-41-65(47)54)32-44(2)53-16-8-12-46-26-29-76-40-64(46)53)49-22-24-55-62-37-70-63(38-69(62)74(4,5)67(55)34-49)56-25-23-52(35-68(56)75(70,6)7)73-79-71(57-18-11-15-50-33-59-45(3)60(59)36-61(50)57)39-72(80-73)58-19-10-14-48-28-31-78-42-66(48)58/h8-19,21-42,60H,1,20H2,2-7H3. The molecule has 0 bridgehead atoms. The zero-order chi connectivity index (χ0) is 54.2. The van der Waals surface area contributed by atoms with E-state index >= 15 is 0 Å². The van der Waals surface area contributed by atoms with E-state index in [1.54, 1.807) is 0 Å². The number of hydrogen-bond donors (Lipinski definition) is 0. The molecule has 4 aliphatic carbocycles. The van der Waals surface area contributed by atoms with Gasteiger partial charge in [-0.25, -0.2) is 9.97 Å². The molecule has 5 nitrogen and oxygen atoms in total. The van der Waals surface area contributed by atoms with Crippen molar-refractivity contribution in [3.8, 4) is 56.2 Å². The molecule has 0 saturated carbocycles. The summed E-state index contributed by atoms with van der Waals surface area (Å²) in [6.45, 7) is 18.7. The third-order valence-electron chi connectivity index (χ3n) is 18.1. The van der Waals surface area contributed by atoms with E-state index in [9.17, 15) is 0 Å². The van der Waals surface area contributed by atoms with Crippen LogP contribution in [-0.4, -0.2) is 24.9 Å². The lowest BCUT2D eigenvalue weighted by Crippen LogP contribution is -2.29. The van der Waals surface area contributed by atoms with Gasteiger partial charge in [0.1, 0.15) is 0 Å². The van der Waals surface area contributed by atoms with Gasteiger partial charge in [0.2, 0.25) is 0 Å². The molecule has 11 aromatic rings. The number of hydrogen-bond acceptors (Lipinski definition) is 5. The smallest absolute Gasteiger partial charge is 0.160 e. The first-order chi connectivity index (χ1) is 38.9. The minimum Gasteiger partial charge on any atom is -0.264 e. The second-order valence-electron chi connectivity index (χ2n) is 23.4. The Balaban J connectivity index is 0.777. The van der Waals surface area contributed by atoms with Gasteiger partial charge in [0.25, 0.3) is 0 Å². The number of benzene rings is 7. The van der Waals surface area contributed by atoms with Gasteiger partial charge in [-0.05, 0) is 179 Å². The Labute approximate surface area is 466 Å². The Morgan fingerprint density at radius 3 is 1.81 bits per heavy atom. The second-order valence-corrected chi connectivity index (χ2v) is 23.4. The van der Waals surface area contributed by atoms with Crippen LogP contribution in [0.3, 0.4) is 0 Å². The molecule has 0 saturated heterocycles. The number of rotatable bonds is 9. The molecule has 7 aromatic carbocycles. The first-order valence-corrected chi connectivity index (χ1v) is 27.9. The highest BCUT2D eigenvalue weighted by atomic mass is 14.9. The van der Waals surface area contributed by atoms with Crippen LogP contribution in [0.1, 0.15) is 86.9 Å². The molecule has 0 amide bonds. The Morgan fingerprint density at radius 2 is 1.11 bits per heavy atom. The maximum atomic E-state index is 5.47. The highest BCUT2D eigenvalue weighted by Gasteiger charge is 2.42. The number of pyridine rings is 3. The number of aromatic nitrogens is 5. The van der Waals surface area contributed by atoms with Gasteiger partial charge in [-0.2, -0.15) is 0 Å². The second kappa shape index (κ2) is 17.8. The molecule has 1 atom stereocenters. The maximum absolute atomic E-state index is 5.47. The minimum absolute atomic E-state index is 0.240. The molecule has 4 aromatic heterocycles. The highest BCUT2D eigenvalue weighted by Crippen LogP contribution is 2.57. The van der Waals surface area contributed by atoms with Crippen molar-refractivity contribution in [2.75, 3.05) is 0 Å². The predicted molar refractivity (Wildman–Crippen MR) is 332 cm³/mol. The maximum Gasteiger partial charge on any atom is 0.160 e. The number of allylic oxidation sites excluding steroid dienone is 7. The third-order valence-corrected chi connectivity index (χ3v) is 18.1. The molecule has 0 spiro atoms. The minimum atomic E-state index is -0.282. The monoisotopic (exact) mass is 1030 g/mol. The van der Waals surface area contributed by atoms with Crippen molar-refractivity contribution in [2.24, 2.45) is 5.92 Å². The van der Waals surface area contributed by atoms with Crippen molar-refractivity contribution in [3.63, 3.8) is 0 Å². The fraction of sp³-hybridized carbons (Fsp3) is 0.133. The Morgan fingerprint density at radius 1 is 0.550 bits per heavy atom. The van der Waals surface area contributed by atoms with Crippen molar-refractivity contribution in [1.29, 1.82) is 0 Å². The summed E-state index contributed by atoms with van der Waals surface area (Å²) < 4.78 is 0. The van der Waals surface area contributed by atoms with Crippen LogP contribution in [-0.2, 0) is 10.8 Å². The van der Waals surface area contributed by atoms with E-state index in [-0.39, 0.29) is 10.8 Å². The normalized spacial score (nSPS) is 16.1. The van der Waals surface area contributed by atoms with Crippen LogP contribution in [0, 0.1) is 5.92 Å². The van der Waals surface area contributed by atoms with Crippen LogP contribution in [0.25, 0.3) is 117 Å². The summed E-state index contributed by atoms with van der Waals surface area (Å²) in [6.07, 6.45) is 21.6. The molecule has 15 rings (SSSR count). The zero-order valence-electron chi connectivity index (χ0n) is 45.9. The summed E-state index contributed by atoms with van der Waals surface area (Å²) in [6, 6.07) is 53.4. The quantitative estimate of drug-likeness (QED) is 0.135. The molecule has 1 unspecified atom stereocenters. The summed E-state index contributed by atoms with van der Waals surface area (Å²) in [5.74, 6) is 1.13. The Bertz CT molecular complexity index is 4780. The summed E-state index contributed by atoms with van der Waals surface area (Å²) in [4.78, 5) is 24.5. The fourth-order valence-electron chi connectivity index (χ4n) is 13.5. The largest absolute Gasteiger partial charge is 0.264 e. The first kappa shape index (κ1) is 47.7. The molecule has 382 valence electrons. The summed E-state index contributed by atoms with van der Waals surface area (Å²) >= 11 is 0. The van der Waals surface area contributed by atoms with E-state index in [2.05, 4.69) is 226 Å². The third kappa shape index (κ3) is 7.48. The molecule has 80 heavy (non-hydrogen) atoms. The summed E-state index contributed by atoms with van der Waals surface area (Å²) in [5, 5.41) is 9.28. The average molecular weight is 1030 g/mol. The fourth-order valence-corrected chi connectivity index (χ4v) is 13.5. The van der Waals surface area contributed by atoms with Gasteiger partial charge in [-0.3, -0.25) is 15.0 Å². The van der Waals surface area contributed by atoms with Crippen LogP contribution < -0.4 is 10.4 Å². The molecule has 5 heteroatoms. The van der Waals surface area contributed by atoms with Crippen molar-refractivity contribution in [2.45, 2.75) is 58.8 Å². The van der Waals surface area contributed by atoms with Crippen molar-refractivity contribution < 1.29 is 0 Å². The van der Waals surface area contributed by atoms with Crippen molar-refractivity contribution in [1.82, 2.24) is 24.9 Å². The number of fused-ring (bicyclic) bond motifs is 11. The van der Waals surface area contributed by atoms with Gasteiger partial charge in [0.15, 0.2) is 5.82 Å². The van der Waals surface area contributed by atoms with Crippen LogP contribution in [0.5, 0.6) is 0 Å². The lowest BCUT2D eigenvalue weighted by molar-refractivity contribution is 0.652. The molecule has 0 aliphatic heterocycles. The molecule has 0 N–H and O–H groups in total. The SMILES string of the molecule is C=C(CC=C(C=C(C)c1cccc2ccncc12)c1cccc2ccncc12)c1ccc2c(c1)C(C)(C)c1cc3c(cc1-2)C(C)(C)c1cc(-c2nc(-c4cccc5c4=CC4C(C)=C4C=5)cc(-c4cccc5ccncc45)n2)ccc1-3. The van der Waals surface area contributed by atoms with Gasteiger partial charge < -0.3 is 0 Å². The van der Waals surface area contributed by atoms with E-state index in [0.29, 0.717) is 18.2 Å². The van der Waals surface area contributed by atoms with E-state index in [1.807, 2.05) is 37.2 Å². The first-order valence-electron chi connectivity index (χ1n) is 27.9. The van der Waals surface area contributed by atoms with Gasteiger partial charge >= 0.3 is 0 Å². The van der Waals surface area contributed by atoms with E-state index < -0.39 is 0 Å². The van der Waals surface area contributed by atoms with E-state index in [1.165, 1.54) is 82.6 Å². The Hall–Kier alpha value is -9.45. The van der Waals surface area contributed by atoms with Crippen LogP contribution in [0.2, 0.25) is 0 Å². The Kier molecular flexibility index (Phi) is 10.6. The predicted octanol–water partition coefficient (Wildman–Crippen LogP) is 16.8. The molecule has 0 fully saturated rings. The topological polar surface area (TPSA) is 64.5 Å². The number of nitrogens with zero attached hydrogens (tertiary/aromatic N) is 5. The lowest BCUT2D eigenvalue weighted by atomic mass is 9.79. The zero-order valence-corrected chi connectivity index (χ0v) is 45.9. The van der Waals surface area contributed by atoms with E-state index in [4.69, 9.17) is 16.5 Å². The molecular weight excluding hydrogens is 971 g/mol. The summed E-state index contributed by atoms with van der Waals surface area (Å²) in [7, 11) is 0. The van der Waals surface area contributed by atoms with Crippen LogP contribution in [0.15, 0.2) is 213 Å². The van der Waals surface area contributed by atoms with Gasteiger partial charge in [-0.1, -0.05) is 161 Å². The van der Waals surface area contributed by atoms with Crippen molar-refractivity contribution >= 4 is 61.2 Å². The van der Waals surface area contributed by atoms with Crippen molar-refractivity contribution in [3.05, 3.63) is 262 Å². The molecule has 4 heterocycles. The molecule has 4 aliphatic rings. The highest BCUT2D eigenvalue weighted by molar-refractivity contribution is 6.01. The van der Waals surface area contributed by atoms with Crippen LogP contribution in [0.4, 0.5) is 0 Å². The summed E-state index contributed by atoms with van der Waals surface area (Å²) in [5.41, 5.74) is 24.7. The van der Waals surface area contributed by atoms with Gasteiger partial charge in [0, 0.05) is 86.8 Å². The van der Waals surface area contributed by atoms with E-state index in [0.717, 1.165) is 77.3 Å². The molecule has 0 radical (unpaired) electrons. The van der Waals surface area contributed by atoms with Gasteiger partial charge in [-0.15, -0.1) is 0 Å².